The first-order chi connectivity index (χ1) is 2.56. The Balaban J connectivity index is 4.25. The fraction of sp³-hybridized carbons (Fsp3) is 0. The second-order valence-electron chi connectivity index (χ2n) is 0.619. The summed E-state index contributed by atoms with van der Waals surface area (Å²) in [6.45, 7) is 2.67. The van der Waals surface area contributed by atoms with Crippen molar-refractivity contribution in [2.45, 2.75) is 0 Å². The molecule has 0 bridgehead atoms. The van der Waals surface area contributed by atoms with Gasteiger partial charge in [-0.15, -0.1) is 8.42 Å². The standard InChI is InChI=1S/C2H2O3S/c1-2-6(3,4)5/h1H2/p+1. The summed E-state index contributed by atoms with van der Waals surface area (Å²) in [6.07, 6.45) is 0. The first-order valence-corrected chi connectivity index (χ1v) is 2.51. The van der Waals surface area contributed by atoms with Crippen LogP contribution < -0.4 is 0 Å². The second-order valence-corrected chi connectivity index (χ2v) is 1.86. The molecule has 0 atom stereocenters. The topological polar surface area (TPSA) is 54.4 Å². The lowest BCUT2D eigenvalue weighted by Gasteiger charge is -1.56. The third-order valence-corrected chi connectivity index (χ3v) is 0.547. The van der Waals surface area contributed by atoms with Crippen LogP contribution in [0.4, 0.5) is 0 Å². The average molecular weight is 107 g/mol. The van der Waals surface area contributed by atoms with Crippen molar-refractivity contribution in [3.63, 3.8) is 0 Å². The molecule has 4 heteroatoms. The molecule has 3 nitrogen and oxygen atoms in total. The lowest BCUT2D eigenvalue weighted by Crippen LogP contribution is -1.87. The van der Waals surface area contributed by atoms with Gasteiger partial charge >= 0.3 is 15.5 Å². The van der Waals surface area contributed by atoms with Gasteiger partial charge < -0.3 is 0 Å². The summed E-state index contributed by atoms with van der Waals surface area (Å²) in [7, 11) is -4.02. The van der Waals surface area contributed by atoms with Gasteiger partial charge in [0.2, 0.25) is 0 Å². The van der Waals surface area contributed by atoms with Crippen molar-refractivity contribution in [1.82, 2.24) is 0 Å². The highest BCUT2D eigenvalue weighted by molar-refractivity contribution is 7.87. The minimum absolute atomic E-state index is 1.38. The molecule has 0 amide bonds. The first kappa shape index (κ1) is 5.56. The van der Waals surface area contributed by atoms with Crippen LogP contribution >= 0.6 is 0 Å². The molecule has 0 radical (unpaired) electrons. The van der Waals surface area contributed by atoms with Gasteiger partial charge in [0.05, 0.1) is 0 Å². The van der Waals surface area contributed by atoms with Gasteiger partial charge in [-0.05, 0) is 0 Å². The predicted molar refractivity (Wildman–Crippen MR) is 20.4 cm³/mol. The van der Waals surface area contributed by atoms with Gasteiger partial charge in [0.25, 0.3) is 0 Å². The summed E-state index contributed by atoms with van der Waals surface area (Å²) in [5.74, 6) is 0. The lowest BCUT2D eigenvalue weighted by molar-refractivity contribution is 0.493. The van der Waals surface area contributed by atoms with E-state index in [0.717, 1.165) is 0 Å². The molecule has 0 fully saturated rings. The Morgan fingerprint density at radius 3 is 1.83 bits per heavy atom. The molecule has 0 saturated carbocycles. The third kappa shape index (κ3) is 3.56. The van der Waals surface area contributed by atoms with Crippen molar-refractivity contribution >= 4 is 10.1 Å². The van der Waals surface area contributed by atoms with Crippen molar-refractivity contribution < 1.29 is 13.0 Å². The van der Waals surface area contributed by atoms with E-state index in [1.165, 1.54) is 5.41 Å². The van der Waals surface area contributed by atoms with Crippen LogP contribution in [0, 0.1) is 5.41 Å². The molecule has 34 valence electrons. The minimum Gasteiger partial charge on any atom is -0.242 e. The molecule has 0 aromatic carbocycles. The third-order valence-electron chi connectivity index (χ3n) is 0.182. The van der Waals surface area contributed by atoms with Crippen LogP contribution in [0.2, 0.25) is 0 Å². The maximum atomic E-state index is 9.38. The molecule has 0 aromatic rings. The Hall–Kier alpha value is -0.440. The minimum atomic E-state index is -4.02. The van der Waals surface area contributed by atoms with Crippen LogP contribution in [0.25, 0.3) is 0 Å². The van der Waals surface area contributed by atoms with E-state index in [1.54, 1.807) is 0 Å². The summed E-state index contributed by atoms with van der Waals surface area (Å²) in [4.78, 5) is 0. The van der Waals surface area contributed by atoms with E-state index in [0.29, 0.717) is 0 Å². The zero-order valence-electron chi connectivity index (χ0n) is 2.88. The van der Waals surface area contributed by atoms with Crippen LogP contribution in [0.1, 0.15) is 0 Å². The van der Waals surface area contributed by atoms with Crippen molar-refractivity contribution in [1.29, 1.82) is 0 Å². The van der Waals surface area contributed by atoms with Crippen molar-refractivity contribution in [3.8, 4) is 0 Å². The molecule has 0 saturated heterocycles. The van der Waals surface area contributed by atoms with Gasteiger partial charge in [-0.2, -0.15) is 0 Å². The first-order valence-electron chi connectivity index (χ1n) is 1.07. The molecule has 0 unspecified atom stereocenters. The van der Waals surface area contributed by atoms with E-state index in [9.17, 15) is 8.42 Å². The van der Waals surface area contributed by atoms with E-state index in [2.05, 4.69) is 6.58 Å². The Morgan fingerprint density at radius 2 is 1.83 bits per heavy atom. The number of hydrogen-bond donors (Lipinski definition) is 1. The van der Waals surface area contributed by atoms with E-state index in [4.69, 9.17) is 4.55 Å². The zero-order chi connectivity index (χ0) is 5.21. The van der Waals surface area contributed by atoms with Gasteiger partial charge in [0.15, 0.2) is 6.58 Å². The smallest absolute Gasteiger partial charge is 0.242 e. The molecule has 0 rings (SSSR count). The molecule has 6 heavy (non-hydrogen) atoms. The highest BCUT2D eigenvalue weighted by Crippen LogP contribution is 1.73. The van der Waals surface area contributed by atoms with E-state index >= 15 is 0 Å². The van der Waals surface area contributed by atoms with Crippen molar-refractivity contribution in [2.75, 3.05) is 0 Å². The summed E-state index contributed by atoms with van der Waals surface area (Å²) in [6, 6.07) is 0. The lowest BCUT2D eigenvalue weighted by atomic mass is 11.3. The summed E-state index contributed by atoms with van der Waals surface area (Å²) in [5.41, 5.74) is 0. The molecule has 0 aliphatic heterocycles. The number of rotatable bonds is 1. The summed E-state index contributed by atoms with van der Waals surface area (Å²) >= 11 is 0. The van der Waals surface area contributed by atoms with E-state index in [1.807, 2.05) is 0 Å². The second kappa shape index (κ2) is 1.34. The van der Waals surface area contributed by atoms with Crippen LogP contribution in [-0.2, 0) is 10.1 Å². The zero-order valence-corrected chi connectivity index (χ0v) is 3.70. The van der Waals surface area contributed by atoms with Crippen LogP contribution in [0.5, 0.6) is 0 Å². The molecule has 1 N–H and O–H groups in total. The molecule has 0 aliphatic carbocycles. The van der Waals surface area contributed by atoms with Gasteiger partial charge in [-0.1, -0.05) is 0 Å². The Morgan fingerprint density at radius 1 is 1.67 bits per heavy atom. The Kier molecular flexibility index (Phi) is 1.24. The molecule has 0 aliphatic rings. The largest absolute Gasteiger partial charge is 0.506 e. The predicted octanol–water partition coefficient (Wildman–Crippen LogP) is -0.179. The summed E-state index contributed by atoms with van der Waals surface area (Å²) in [5, 5.41) is 1.38. The fourth-order valence-corrected chi connectivity index (χ4v) is 0. The van der Waals surface area contributed by atoms with Crippen LogP contribution in [0.3, 0.4) is 0 Å². The number of hydrogen-bond acceptors (Lipinski definition) is 2. The van der Waals surface area contributed by atoms with Gasteiger partial charge in [0.1, 0.15) is 0 Å². The fourth-order valence-electron chi connectivity index (χ4n) is 0. The van der Waals surface area contributed by atoms with Crippen molar-refractivity contribution in [3.05, 3.63) is 12.0 Å². The van der Waals surface area contributed by atoms with Crippen LogP contribution in [0.15, 0.2) is 6.58 Å². The molecule has 0 aromatic heterocycles. The Bertz CT molecular complexity index is 119. The average Bonchev–Trinajstić information content (AvgIpc) is 1.35. The SMILES string of the molecule is C=[C+]S(=O)(=O)O. The van der Waals surface area contributed by atoms with E-state index in [-0.39, 0.29) is 0 Å². The van der Waals surface area contributed by atoms with Crippen molar-refractivity contribution in [2.24, 2.45) is 0 Å². The maximum absolute atomic E-state index is 9.38. The van der Waals surface area contributed by atoms with Gasteiger partial charge in [-0.3, -0.25) is 0 Å². The highest BCUT2D eigenvalue weighted by atomic mass is 32.2. The normalized spacial score (nSPS) is 10.2. The highest BCUT2D eigenvalue weighted by Gasteiger charge is 2.08. The van der Waals surface area contributed by atoms with E-state index < -0.39 is 10.1 Å². The maximum Gasteiger partial charge on any atom is 0.506 e. The summed E-state index contributed by atoms with van der Waals surface area (Å²) < 4.78 is 26.4. The molecular weight excluding hydrogens is 104 g/mol. The molecular formula is C2H3O3S+. The monoisotopic (exact) mass is 107 g/mol. The molecule has 0 spiro atoms. The quantitative estimate of drug-likeness (QED) is 0.373. The van der Waals surface area contributed by atoms with Gasteiger partial charge in [0, 0.05) is 0 Å². The van der Waals surface area contributed by atoms with Gasteiger partial charge in [-0.25, -0.2) is 4.55 Å². The Labute approximate surface area is 36.0 Å². The molecule has 0 heterocycles. The van der Waals surface area contributed by atoms with Crippen LogP contribution in [-0.4, -0.2) is 13.0 Å².